The molecule has 2 spiro atoms. The van der Waals surface area contributed by atoms with Gasteiger partial charge in [0, 0.05) is 39.0 Å². The molecule has 42 heavy (non-hydrogen) atoms. The van der Waals surface area contributed by atoms with Crippen molar-refractivity contribution in [1.82, 2.24) is 0 Å². The van der Waals surface area contributed by atoms with Crippen LogP contribution in [0.15, 0.2) is 59.0 Å². The maximum atomic E-state index is 12.6. The second-order valence-electron chi connectivity index (χ2n) is 10.00. The molecule has 1 unspecified atom stereocenters. The maximum Gasteiger partial charge on any atom is 0.348 e. The first-order valence-corrected chi connectivity index (χ1v) is 13.1. The van der Waals surface area contributed by atoms with Crippen LogP contribution in [0.5, 0.6) is 0 Å². The Morgan fingerprint density at radius 3 is 1.98 bits per heavy atom. The first kappa shape index (κ1) is 30.2. The van der Waals surface area contributed by atoms with E-state index in [0.717, 1.165) is 6.08 Å². The lowest BCUT2D eigenvalue weighted by atomic mass is 9.87. The highest BCUT2D eigenvalue weighted by molar-refractivity contribution is 6.15. The number of aliphatic hydroxyl groups excluding tert-OH is 2. The van der Waals surface area contributed by atoms with Gasteiger partial charge in [0.25, 0.3) is 29.3 Å². The smallest absolute Gasteiger partial charge is 0.348 e. The summed E-state index contributed by atoms with van der Waals surface area (Å²) in [6.07, 6.45) is 6.15. The molecule has 0 aromatic heterocycles. The number of ether oxygens (including phenoxy) is 7. The summed E-state index contributed by atoms with van der Waals surface area (Å²) in [4.78, 5) is 61.2. The van der Waals surface area contributed by atoms with Crippen LogP contribution in [-0.2, 0) is 57.1 Å². The third kappa shape index (κ3) is 6.42. The van der Waals surface area contributed by atoms with E-state index in [4.69, 9.17) is 33.2 Å². The van der Waals surface area contributed by atoms with Crippen LogP contribution < -0.4 is 0 Å². The summed E-state index contributed by atoms with van der Waals surface area (Å²) >= 11 is 0. The summed E-state index contributed by atoms with van der Waals surface area (Å²) in [5, 5.41) is 20.1. The van der Waals surface area contributed by atoms with Crippen molar-refractivity contribution in [1.29, 1.82) is 0 Å². The number of allylic oxidation sites excluding steroid dienone is 4. The first-order valence-electron chi connectivity index (χ1n) is 13.1. The van der Waals surface area contributed by atoms with Gasteiger partial charge in [-0.2, -0.15) is 0 Å². The highest BCUT2D eigenvalue weighted by Gasteiger charge is 2.55. The van der Waals surface area contributed by atoms with Gasteiger partial charge in [0.1, 0.15) is 16.7 Å². The van der Waals surface area contributed by atoms with Gasteiger partial charge in [-0.05, 0) is 26.0 Å². The lowest BCUT2D eigenvalue weighted by molar-refractivity contribution is -0.297. The molecule has 0 aromatic carbocycles. The van der Waals surface area contributed by atoms with Crippen molar-refractivity contribution in [3.05, 3.63) is 59.0 Å². The molecule has 1 saturated carbocycles. The number of esters is 5. The number of hydrogen-bond acceptors (Lipinski definition) is 14. The SMILES string of the molecule is CCOC(=O)CCC1(C)OC(=O)C(/C=C/C=C/C=C2C(=O)OC3(CCC4(CC3)OC(=O)C(C)=C(O)O4)OC2=O)=C(O)O1. The van der Waals surface area contributed by atoms with Crippen LogP contribution in [0.4, 0.5) is 0 Å². The van der Waals surface area contributed by atoms with Crippen LogP contribution in [-0.4, -0.2) is 64.0 Å². The fourth-order valence-corrected chi connectivity index (χ4v) is 4.50. The molecule has 0 amide bonds. The summed E-state index contributed by atoms with van der Waals surface area (Å²) in [6, 6.07) is 0. The minimum Gasteiger partial charge on any atom is -0.481 e. The van der Waals surface area contributed by atoms with Crippen molar-refractivity contribution in [3.8, 4) is 0 Å². The minimum atomic E-state index is -1.57. The second kappa shape index (κ2) is 11.6. The van der Waals surface area contributed by atoms with E-state index in [9.17, 15) is 34.2 Å². The molecule has 0 aromatic rings. The van der Waals surface area contributed by atoms with Gasteiger partial charge in [-0.25, -0.2) is 19.2 Å². The molecule has 1 aliphatic carbocycles. The fraction of sp³-hybridized carbons (Fsp3) is 0.464. The van der Waals surface area contributed by atoms with Crippen LogP contribution in [0.25, 0.3) is 0 Å². The summed E-state index contributed by atoms with van der Waals surface area (Å²) in [6.45, 7) is 4.60. The highest BCUT2D eigenvalue weighted by atomic mass is 16.8. The molecule has 14 heteroatoms. The molecule has 3 aliphatic heterocycles. The zero-order valence-corrected chi connectivity index (χ0v) is 23.1. The number of aliphatic hydroxyl groups is 2. The molecule has 0 bridgehead atoms. The van der Waals surface area contributed by atoms with Gasteiger partial charge >= 0.3 is 29.8 Å². The van der Waals surface area contributed by atoms with E-state index in [1.54, 1.807) is 6.92 Å². The van der Waals surface area contributed by atoms with Gasteiger partial charge in [-0.15, -0.1) is 0 Å². The van der Waals surface area contributed by atoms with Gasteiger partial charge < -0.3 is 43.4 Å². The van der Waals surface area contributed by atoms with Gasteiger partial charge in [0.2, 0.25) is 0 Å². The molecular formula is C28H30O14. The Morgan fingerprint density at radius 1 is 0.810 bits per heavy atom. The van der Waals surface area contributed by atoms with Crippen LogP contribution in [0.3, 0.4) is 0 Å². The number of carbonyl (C=O) groups excluding carboxylic acids is 5. The summed E-state index contributed by atoms with van der Waals surface area (Å²) in [5.41, 5.74) is -0.747. The second-order valence-corrected chi connectivity index (χ2v) is 10.00. The van der Waals surface area contributed by atoms with Gasteiger partial charge in [0.15, 0.2) is 0 Å². The number of cyclic esters (lactones) is 1. The van der Waals surface area contributed by atoms with Crippen molar-refractivity contribution >= 4 is 29.8 Å². The number of carbonyl (C=O) groups is 5. The molecule has 226 valence electrons. The van der Waals surface area contributed by atoms with Crippen molar-refractivity contribution in [2.45, 2.75) is 76.7 Å². The van der Waals surface area contributed by atoms with E-state index < -0.39 is 59.1 Å². The Morgan fingerprint density at radius 2 is 1.40 bits per heavy atom. The average Bonchev–Trinajstić information content (AvgIpc) is 2.91. The Labute approximate surface area is 239 Å². The van der Waals surface area contributed by atoms with E-state index in [1.165, 1.54) is 38.2 Å². The molecule has 3 heterocycles. The van der Waals surface area contributed by atoms with Crippen LogP contribution in [0.1, 0.15) is 59.3 Å². The Balaban J connectivity index is 1.33. The zero-order valence-electron chi connectivity index (χ0n) is 23.1. The van der Waals surface area contributed by atoms with Crippen molar-refractivity contribution in [2.24, 2.45) is 0 Å². The molecular weight excluding hydrogens is 560 g/mol. The van der Waals surface area contributed by atoms with Crippen molar-refractivity contribution in [3.63, 3.8) is 0 Å². The molecule has 1 saturated heterocycles. The molecule has 4 rings (SSSR count). The summed E-state index contributed by atoms with van der Waals surface area (Å²) in [7, 11) is 0. The van der Waals surface area contributed by atoms with E-state index in [1.807, 2.05) is 0 Å². The van der Waals surface area contributed by atoms with Crippen LogP contribution in [0, 0.1) is 0 Å². The largest absolute Gasteiger partial charge is 0.481 e. The van der Waals surface area contributed by atoms with Gasteiger partial charge in [-0.3, -0.25) is 4.79 Å². The molecule has 4 aliphatic rings. The maximum absolute atomic E-state index is 12.6. The average molecular weight is 591 g/mol. The third-order valence-electron chi connectivity index (χ3n) is 6.87. The van der Waals surface area contributed by atoms with Gasteiger partial charge in [-0.1, -0.05) is 18.2 Å². The predicted octanol–water partition coefficient (Wildman–Crippen LogP) is 2.86. The Bertz CT molecular complexity index is 1320. The molecule has 0 radical (unpaired) electrons. The fourth-order valence-electron chi connectivity index (χ4n) is 4.50. The summed E-state index contributed by atoms with van der Waals surface area (Å²) < 4.78 is 36.9. The van der Waals surface area contributed by atoms with Gasteiger partial charge in [0.05, 0.1) is 13.0 Å². The lowest BCUT2D eigenvalue weighted by Crippen LogP contribution is -2.54. The Kier molecular flexibility index (Phi) is 8.36. The topological polar surface area (TPSA) is 190 Å². The van der Waals surface area contributed by atoms with E-state index >= 15 is 0 Å². The van der Waals surface area contributed by atoms with Crippen LogP contribution >= 0.6 is 0 Å². The minimum absolute atomic E-state index is 0.000220. The Hall–Kier alpha value is -4.75. The highest BCUT2D eigenvalue weighted by Crippen LogP contribution is 2.45. The summed E-state index contributed by atoms with van der Waals surface area (Å²) in [5.74, 6) is -9.81. The quantitative estimate of drug-likeness (QED) is 0.145. The van der Waals surface area contributed by atoms with E-state index in [2.05, 4.69) is 0 Å². The van der Waals surface area contributed by atoms with Crippen molar-refractivity contribution < 1.29 is 67.3 Å². The lowest BCUT2D eigenvalue weighted by Gasteiger charge is -2.45. The third-order valence-corrected chi connectivity index (χ3v) is 6.87. The molecule has 2 N–H and O–H groups in total. The van der Waals surface area contributed by atoms with E-state index in [0.29, 0.717) is 0 Å². The van der Waals surface area contributed by atoms with Crippen molar-refractivity contribution in [2.75, 3.05) is 6.61 Å². The predicted molar refractivity (Wildman–Crippen MR) is 136 cm³/mol. The number of hydrogen-bond donors (Lipinski definition) is 2. The molecule has 1 atom stereocenters. The molecule has 14 nitrogen and oxygen atoms in total. The monoisotopic (exact) mass is 590 g/mol. The zero-order chi connectivity index (χ0) is 30.7. The van der Waals surface area contributed by atoms with Crippen LogP contribution in [0.2, 0.25) is 0 Å². The number of rotatable bonds is 7. The standard InChI is InChI=1S/C28H30O14/c1-4-36-19(29)10-11-26(3)37-22(32)17(23(33)38-26)8-6-5-7-9-18-24(34)41-28(42-25(18)35)14-12-27(13-15-28)39-20(30)16(2)21(31)40-27/h5-9,30,32H,4,10-15H2,1-3H3/b7-5+,8-6+,18-9?. The first-order chi connectivity index (χ1) is 19.8. The molecule has 2 fully saturated rings. The normalized spacial score (nSPS) is 29.7. The van der Waals surface area contributed by atoms with E-state index in [-0.39, 0.29) is 61.9 Å².